The minimum absolute atomic E-state index is 0.137. The monoisotopic (exact) mass is 211 g/mol. The molecule has 0 aliphatic carbocycles. The predicted octanol–water partition coefficient (Wildman–Crippen LogP) is 2.88. The summed E-state index contributed by atoms with van der Waals surface area (Å²) in [5.74, 6) is 0.137. The quantitative estimate of drug-likeness (QED) is 0.781. The Kier molecular flexibility index (Phi) is 3.10. The van der Waals surface area contributed by atoms with E-state index in [9.17, 15) is 4.79 Å². The molecule has 0 radical (unpaired) electrons. The maximum Gasteiger partial charge on any atom is 0.135 e. The van der Waals surface area contributed by atoms with Gasteiger partial charge in [0.25, 0.3) is 0 Å². The van der Waals surface area contributed by atoms with Crippen molar-refractivity contribution in [1.29, 1.82) is 0 Å². The molecule has 16 heavy (non-hydrogen) atoms. The number of rotatable bonds is 3. The maximum absolute atomic E-state index is 11.0. The maximum atomic E-state index is 11.0. The molecule has 2 nitrogen and oxygen atoms in total. The van der Waals surface area contributed by atoms with Crippen LogP contribution in [0.4, 0.5) is 0 Å². The number of pyridine rings is 1. The fourth-order valence-electron chi connectivity index (χ4n) is 1.64. The van der Waals surface area contributed by atoms with Crippen molar-refractivity contribution in [3.63, 3.8) is 0 Å². The van der Waals surface area contributed by atoms with Crippen molar-refractivity contribution >= 4 is 5.78 Å². The van der Waals surface area contributed by atoms with E-state index in [-0.39, 0.29) is 5.78 Å². The Bertz CT molecular complexity index is 491. The Morgan fingerprint density at radius 3 is 2.56 bits per heavy atom. The second-order valence-electron chi connectivity index (χ2n) is 3.78. The lowest BCUT2D eigenvalue weighted by Crippen LogP contribution is -1.98. The van der Waals surface area contributed by atoms with Crippen LogP contribution < -0.4 is 0 Å². The summed E-state index contributed by atoms with van der Waals surface area (Å²) in [6.45, 7) is 1.58. The van der Waals surface area contributed by atoms with E-state index in [1.54, 1.807) is 13.1 Å². The number of carbonyl (C=O) groups is 1. The molecule has 0 atom stereocenters. The van der Waals surface area contributed by atoms with Crippen LogP contribution in [0.3, 0.4) is 0 Å². The number of hydrogen-bond donors (Lipinski definition) is 0. The second kappa shape index (κ2) is 4.71. The first-order chi connectivity index (χ1) is 7.75. The molecule has 0 N–H and O–H groups in total. The Morgan fingerprint density at radius 2 is 1.88 bits per heavy atom. The standard InChI is InChI=1S/C14H13NO/c1-11(16)9-14-10-13(7-8-15-14)12-5-3-2-4-6-12/h2-8,10H,9H2,1H3. The average Bonchev–Trinajstić information content (AvgIpc) is 2.30. The van der Waals surface area contributed by atoms with Gasteiger partial charge in [0.1, 0.15) is 5.78 Å². The molecule has 2 aromatic rings. The first kappa shape index (κ1) is 10.6. The molecule has 0 spiro atoms. The highest BCUT2D eigenvalue weighted by atomic mass is 16.1. The molecule has 2 rings (SSSR count). The van der Waals surface area contributed by atoms with Crippen LogP contribution in [0.15, 0.2) is 48.7 Å². The molecule has 0 fully saturated rings. The van der Waals surface area contributed by atoms with Crippen LogP contribution in [-0.2, 0) is 11.2 Å². The molecular formula is C14H13NO. The SMILES string of the molecule is CC(=O)Cc1cc(-c2ccccc2)ccn1. The summed E-state index contributed by atoms with van der Waals surface area (Å²) >= 11 is 0. The van der Waals surface area contributed by atoms with Crippen LogP contribution >= 0.6 is 0 Å². The molecule has 0 amide bonds. The molecule has 2 heteroatoms. The fourth-order valence-corrected chi connectivity index (χ4v) is 1.64. The highest BCUT2D eigenvalue weighted by Gasteiger charge is 2.02. The van der Waals surface area contributed by atoms with Crippen molar-refractivity contribution in [3.05, 3.63) is 54.4 Å². The summed E-state index contributed by atoms with van der Waals surface area (Å²) in [7, 11) is 0. The predicted molar refractivity (Wildman–Crippen MR) is 64.1 cm³/mol. The normalized spacial score (nSPS) is 10.1. The van der Waals surface area contributed by atoms with E-state index in [1.807, 2.05) is 42.5 Å². The van der Waals surface area contributed by atoms with Gasteiger partial charge in [-0.2, -0.15) is 0 Å². The minimum Gasteiger partial charge on any atom is -0.300 e. The molecule has 0 aliphatic heterocycles. The lowest BCUT2D eigenvalue weighted by Gasteiger charge is -2.03. The Morgan fingerprint density at radius 1 is 1.12 bits per heavy atom. The third-order valence-electron chi connectivity index (χ3n) is 2.35. The van der Waals surface area contributed by atoms with Crippen LogP contribution in [0.5, 0.6) is 0 Å². The van der Waals surface area contributed by atoms with Crippen LogP contribution in [0.25, 0.3) is 11.1 Å². The van der Waals surface area contributed by atoms with E-state index in [0.717, 1.165) is 16.8 Å². The van der Waals surface area contributed by atoms with Gasteiger partial charge in [0.15, 0.2) is 0 Å². The second-order valence-corrected chi connectivity index (χ2v) is 3.78. The number of nitrogens with zero attached hydrogens (tertiary/aromatic N) is 1. The minimum atomic E-state index is 0.137. The highest BCUT2D eigenvalue weighted by molar-refractivity contribution is 5.78. The largest absolute Gasteiger partial charge is 0.300 e. The van der Waals surface area contributed by atoms with Gasteiger partial charge in [0, 0.05) is 18.3 Å². The van der Waals surface area contributed by atoms with E-state index in [1.165, 1.54) is 0 Å². The number of ketones is 1. The fraction of sp³-hybridized carbons (Fsp3) is 0.143. The molecule has 0 bridgehead atoms. The molecule has 1 heterocycles. The van der Waals surface area contributed by atoms with Crippen molar-refractivity contribution in [2.24, 2.45) is 0 Å². The summed E-state index contributed by atoms with van der Waals surface area (Å²) in [5, 5.41) is 0. The summed E-state index contributed by atoms with van der Waals surface area (Å²) < 4.78 is 0. The lowest BCUT2D eigenvalue weighted by molar-refractivity contribution is -0.116. The zero-order valence-corrected chi connectivity index (χ0v) is 9.18. The van der Waals surface area contributed by atoms with E-state index in [4.69, 9.17) is 0 Å². The summed E-state index contributed by atoms with van der Waals surface area (Å²) in [6.07, 6.45) is 2.15. The van der Waals surface area contributed by atoms with Gasteiger partial charge in [-0.05, 0) is 30.2 Å². The van der Waals surface area contributed by atoms with Crippen LogP contribution in [0, 0.1) is 0 Å². The van der Waals surface area contributed by atoms with Crippen molar-refractivity contribution in [2.75, 3.05) is 0 Å². The highest BCUT2D eigenvalue weighted by Crippen LogP contribution is 2.18. The van der Waals surface area contributed by atoms with Gasteiger partial charge in [-0.25, -0.2) is 0 Å². The zero-order chi connectivity index (χ0) is 11.4. The van der Waals surface area contributed by atoms with Crippen molar-refractivity contribution in [2.45, 2.75) is 13.3 Å². The smallest absolute Gasteiger partial charge is 0.135 e. The molecule has 1 aromatic heterocycles. The molecule has 80 valence electrons. The van der Waals surface area contributed by atoms with Gasteiger partial charge < -0.3 is 0 Å². The van der Waals surface area contributed by atoms with E-state index < -0.39 is 0 Å². The van der Waals surface area contributed by atoms with Crippen LogP contribution in [0.2, 0.25) is 0 Å². The molecule has 1 aromatic carbocycles. The van der Waals surface area contributed by atoms with Crippen molar-refractivity contribution in [3.8, 4) is 11.1 Å². The Balaban J connectivity index is 2.33. The summed E-state index contributed by atoms with van der Waals surface area (Å²) in [6, 6.07) is 14.0. The molecule has 0 saturated carbocycles. The van der Waals surface area contributed by atoms with E-state index >= 15 is 0 Å². The third kappa shape index (κ3) is 2.54. The number of hydrogen-bond acceptors (Lipinski definition) is 2. The third-order valence-corrected chi connectivity index (χ3v) is 2.35. The number of aromatic nitrogens is 1. The average molecular weight is 211 g/mol. The van der Waals surface area contributed by atoms with E-state index in [0.29, 0.717) is 6.42 Å². The topological polar surface area (TPSA) is 30.0 Å². The van der Waals surface area contributed by atoms with Crippen LogP contribution in [0.1, 0.15) is 12.6 Å². The van der Waals surface area contributed by atoms with Gasteiger partial charge in [0.05, 0.1) is 0 Å². The van der Waals surface area contributed by atoms with Gasteiger partial charge in [-0.15, -0.1) is 0 Å². The summed E-state index contributed by atoms with van der Waals surface area (Å²) in [4.78, 5) is 15.2. The molecule has 0 saturated heterocycles. The number of Topliss-reactive ketones (excluding diaryl/α,β-unsaturated/α-hetero) is 1. The molecule has 0 aliphatic rings. The van der Waals surface area contributed by atoms with Crippen molar-refractivity contribution in [1.82, 2.24) is 4.98 Å². The Labute approximate surface area is 95.0 Å². The van der Waals surface area contributed by atoms with Gasteiger partial charge in [-0.3, -0.25) is 9.78 Å². The Hall–Kier alpha value is -1.96. The first-order valence-electron chi connectivity index (χ1n) is 5.25. The van der Waals surface area contributed by atoms with Crippen molar-refractivity contribution < 1.29 is 4.79 Å². The van der Waals surface area contributed by atoms with Crippen LogP contribution in [-0.4, -0.2) is 10.8 Å². The molecular weight excluding hydrogens is 198 g/mol. The molecule has 0 unspecified atom stereocenters. The van der Waals surface area contributed by atoms with Gasteiger partial charge in [-0.1, -0.05) is 30.3 Å². The lowest BCUT2D eigenvalue weighted by atomic mass is 10.1. The number of carbonyl (C=O) groups excluding carboxylic acids is 1. The first-order valence-corrected chi connectivity index (χ1v) is 5.25. The summed E-state index contributed by atoms with van der Waals surface area (Å²) in [5.41, 5.74) is 3.08. The van der Waals surface area contributed by atoms with Gasteiger partial charge in [0.2, 0.25) is 0 Å². The zero-order valence-electron chi connectivity index (χ0n) is 9.18. The number of benzene rings is 1. The van der Waals surface area contributed by atoms with Gasteiger partial charge >= 0.3 is 0 Å². The van der Waals surface area contributed by atoms with E-state index in [2.05, 4.69) is 4.98 Å².